The molecule has 0 aromatic carbocycles. The molecule has 142 valence electrons. The van der Waals surface area contributed by atoms with Crippen molar-refractivity contribution in [1.82, 2.24) is 0 Å². The van der Waals surface area contributed by atoms with Crippen LogP contribution in [0.15, 0.2) is 0 Å². The summed E-state index contributed by atoms with van der Waals surface area (Å²) < 4.78 is 6.58. The largest absolute Gasteiger partial charge is 0.458 e. The lowest BCUT2D eigenvalue weighted by Gasteiger charge is -2.47. The fraction of sp³-hybridized carbons (Fsp3) is 0.957. The van der Waals surface area contributed by atoms with E-state index in [4.69, 9.17) is 4.74 Å². The van der Waals surface area contributed by atoms with Crippen LogP contribution in [0.4, 0.5) is 0 Å². The lowest BCUT2D eigenvalue weighted by atomic mass is 9.65. The van der Waals surface area contributed by atoms with Crippen LogP contribution in [-0.4, -0.2) is 11.6 Å². The number of hydrogen-bond acceptors (Lipinski definition) is 2. The lowest BCUT2D eigenvalue weighted by molar-refractivity contribution is -0.190. The topological polar surface area (TPSA) is 26.3 Å². The molecule has 0 N–H and O–H groups in total. The summed E-state index contributed by atoms with van der Waals surface area (Å²) in [5, 5.41) is 0. The first-order chi connectivity index (χ1) is 11.8. The number of ether oxygens (including phenoxy) is 1. The number of carbonyl (C=O) groups excluding carboxylic acids is 1. The summed E-state index contributed by atoms with van der Waals surface area (Å²) in [6.07, 6.45) is 10.3. The van der Waals surface area contributed by atoms with Crippen molar-refractivity contribution in [1.29, 1.82) is 0 Å². The molecule has 0 heterocycles. The van der Waals surface area contributed by atoms with Crippen molar-refractivity contribution in [2.24, 2.45) is 46.8 Å². The Bertz CT molecular complexity index is 536. The third kappa shape index (κ3) is 2.52. The number of hydrogen-bond donors (Lipinski definition) is 0. The van der Waals surface area contributed by atoms with Crippen LogP contribution < -0.4 is 0 Å². The highest BCUT2D eigenvalue weighted by atomic mass is 16.6. The van der Waals surface area contributed by atoms with Crippen LogP contribution in [0.2, 0.25) is 0 Å². The van der Waals surface area contributed by atoms with Gasteiger partial charge in [0.1, 0.15) is 5.60 Å². The Hall–Kier alpha value is -0.530. The van der Waals surface area contributed by atoms with Gasteiger partial charge in [0.2, 0.25) is 0 Å². The minimum Gasteiger partial charge on any atom is -0.458 e. The van der Waals surface area contributed by atoms with Gasteiger partial charge in [-0.3, -0.25) is 4.79 Å². The molecule has 0 aliphatic heterocycles. The summed E-state index contributed by atoms with van der Waals surface area (Å²) in [7, 11) is 0. The third-order valence-corrected chi connectivity index (χ3v) is 9.08. The van der Waals surface area contributed by atoms with Crippen molar-refractivity contribution in [3.63, 3.8) is 0 Å². The van der Waals surface area contributed by atoms with Gasteiger partial charge in [0.05, 0.1) is 5.41 Å². The Morgan fingerprint density at radius 1 is 1.08 bits per heavy atom. The monoisotopic (exact) mass is 346 g/mol. The van der Waals surface area contributed by atoms with E-state index in [-0.39, 0.29) is 17.0 Å². The van der Waals surface area contributed by atoms with Gasteiger partial charge in [-0.1, -0.05) is 27.2 Å². The molecule has 7 atom stereocenters. The Balaban J connectivity index is 1.68. The summed E-state index contributed by atoms with van der Waals surface area (Å²) in [6, 6.07) is 0. The highest BCUT2D eigenvalue weighted by Crippen LogP contribution is 2.68. The second-order valence-corrected chi connectivity index (χ2v) is 10.7. The Morgan fingerprint density at radius 3 is 2.36 bits per heavy atom. The predicted molar refractivity (Wildman–Crippen MR) is 101 cm³/mol. The van der Waals surface area contributed by atoms with Gasteiger partial charge in [-0.2, -0.15) is 0 Å². The lowest BCUT2D eigenvalue weighted by Crippen LogP contribution is -2.51. The molecule has 0 radical (unpaired) electrons. The molecule has 25 heavy (non-hydrogen) atoms. The Labute approximate surface area is 154 Å². The zero-order chi connectivity index (χ0) is 18.0. The average molecular weight is 347 g/mol. The fourth-order valence-corrected chi connectivity index (χ4v) is 7.39. The molecule has 4 bridgehead atoms. The van der Waals surface area contributed by atoms with E-state index >= 15 is 0 Å². The van der Waals surface area contributed by atoms with Gasteiger partial charge in [0.15, 0.2) is 0 Å². The molecule has 4 fully saturated rings. The summed E-state index contributed by atoms with van der Waals surface area (Å²) in [6.45, 7) is 10.8. The van der Waals surface area contributed by atoms with Crippen LogP contribution in [0.3, 0.4) is 0 Å². The molecule has 4 saturated carbocycles. The predicted octanol–water partition coefficient (Wildman–Crippen LogP) is 5.84. The van der Waals surface area contributed by atoms with Crippen molar-refractivity contribution < 1.29 is 9.53 Å². The molecule has 0 aromatic rings. The van der Waals surface area contributed by atoms with Gasteiger partial charge in [-0.05, 0) is 94.3 Å². The highest BCUT2D eigenvalue weighted by molar-refractivity contribution is 5.76. The van der Waals surface area contributed by atoms with E-state index in [0.29, 0.717) is 11.8 Å². The second kappa shape index (κ2) is 5.99. The molecule has 4 rings (SSSR count). The van der Waals surface area contributed by atoms with E-state index in [2.05, 4.69) is 34.6 Å². The number of carbonyl (C=O) groups is 1. The summed E-state index contributed by atoms with van der Waals surface area (Å²) in [4.78, 5) is 13.1. The Kier molecular flexibility index (Phi) is 4.28. The molecular formula is C23H38O2. The maximum atomic E-state index is 13.1. The van der Waals surface area contributed by atoms with Crippen LogP contribution in [0.1, 0.15) is 86.0 Å². The number of esters is 1. The van der Waals surface area contributed by atoms with Gasteiger partial charge < -0.3 is 4.74 Å². The summed E-state index contributed by atoms with van der Waals surface area (Å²) in [5.74, 6) is 5.75. The first kappa shape index (κ1) is 17.9. The quantitative estimate of drug-likeness (QED) is 0.472. The summed E-state index contributed by atoms with van der Waals surface area (Å²) >= 11 is 0. The van der Waals surface area contributed by atoms with E-state index in [1.807, 2.05) is 0 Å². The van der Waals surface area contributed by atoms with Crippen LogP contribution >= 0.6 is 0 Å². The van der Waals surface area contributed by atoms with E-state index in [1.165, 1.54) is 38.5 Å². The first-order valence-corrected chi connectivity index (χ1v) is 11.0. The van der Waals surface area contributed by atoms with Crippen LogP contribution in [0.5, 0.6) is 0 Å². The van der Waals surface area contributed by atoms with Gasteiger partial charge in [-0.15, -0.1) is 0 Å². The standard InChI is InChI=1S/C23H38O2/c1-6-22(4,5)21(24)25-23(14(2)3)11-7-8-15-13-18(23)20-17-10-9-16(12-17)19(15)20/h14-20H,6-13H2,1-5H3. The number of fused-ring (bicyclic) bond motifs is 9. The molecule has 0 aromatic heterocycles. The molecule has 2 nitrogen and oxygen atoms in total. The Morgan fingerprint density at radius 2 is 1.72 bits per heavy atom. The SMILES string of the molecule is CCC(C)(C)C(=O)OC1(C(C)C)CCCC2CC1C1C3CCC(C3)C21. The van der Waals surface area contributed by atoms with Crippen molar-refractivity contribution in [3.8, 4) is 0 Å². The molecule has 0 amide bonds. The summed E-state index contributed by atoms with van der Waals surface area (Å²) in [5.41, 5.74) is -0.567. The van der Waals surface area contributed by atoms with Crippen LogP contribution in [-0.2, 0) is 9.53 Å². The van der Waals surface area contributed by atoms with Gasteiger partial charge in [0, 0.05) is 5.92 Å². The fourth-order valence-electron chi connectivity index (χ4n) is 7.39. The van der Waals surface area contributed by atoms with Crippen molar-refractivity contribution >= 4 is 5.97 Å². The van der Waals surface area contributed by atoms with E-state index in [0.717, 1.165) is 42.4 Å². The van der Waals surface area contributed by atoms with Gasteiger partial charge in [-0.25, -0.2) is 0 Å². The van der Waals surface area contributed by atoms with Gasteiger partial charge >= 0.3 is 5.97 Å². The van der Waals surface area contributed by atoms with Crippen LogP contribution in [0.25, 0.3) is 0 Å². The maximum absolute atomic E-state index is 13.1. The zero-order valence-electron chi connectivity index (χ0n) is 17.0. The van der Waals surface area contributed by atoms with Crippen molar-refractivity contribution in [2.45, 2.75) is 91.6 Å². The van der Waals surface area contributed by atoms with Crippen molar-refractivity contribution in [3.05, 3.63) is 0 Å². The second-order valence-electron chi connectivity index (χ2n) is 10.7. The molecular weight excluding hydrogens is 308 g/mol. The molecule has 4 aliphatic rings. The normalized spacial score (nSPS) is 45.5. The van der Waals surface area contributed by atoms with Crippen LogP contribution in [0, 0.1) is 46.8 Å². The smallest absolute Gasteiger partial charge is 0.312 e. The van der Waals surface area contributed by atoms with E-state index in [1.54, 1.807) is 0 Å². The minimum absolute atomic E-state index is 0.0498. The highest BCUT2D eigenvalue weighted by Gasteiger charge is 2.64. The zero-order valence-corrected chi connectivity index (χ0v) is 17.0. The molecule has 2 heteroatoms. The molecule has 7 unspecified atom stereocenters. The van der Waals surface area contributed by atoms with E-state index in [9.17, 15) is 4.79 Å². The average Bonchev–Trinajstić information content (AvgIpc) is 3.22. The van der Waals surface area contributed by atoms with E-state index < -0.39 is 0 Å². The maximum Gasteiger partial charge on any atom is 0.312 e. The van der Waals surface area contributed by atoms with Gasteiger partial charge in [0.25, 0.3) is 0 Å². The van der Waals surface area contributed by atoms with Crippen molar-refractivity contribution in [2.75, 3.05) is 0 Å². The molecule has 0 spiro atoms. The first-order valence-electron chi connectivity index (χ1n) is 11.0. The molecule has 4 aliphatic carbocycles. The minimum atomic E-state index is -0.361. The third-order valence-electron chi connectivity index (χ3n) is 9.08. The number of rotatable bonds is 4. The molecule has 0 saturated heterocycles.